The van der Waals surface area contributed by atoms with E-state index in [-0.39, 0.29) is 0 Å². The Morgan fingerprint density at radius 3 is 3.14 bits per heavy atom. The van der Waals surface area contributed by atoms with E-state index in [1.807, 2.05) is 19.1 Å². The number of rotatable bonds is 4. The van der Waals surface area contributed by atoms with Gasteiger partial charge in [0, 0.05) is 10.3 Å². The summed E-state index contributed by atoms with van der Waals surface area (Å²) in [6.07, 6.45) is 1.21. The lowest BCUT2D eigenvalue weighted by molar-refractivity contribution is 0.401. The van der Waals surface area contributed by atoms with Crippen LogP contribution in [0.15, 0.2) is 24.3 Å². The van der Waals surface area contributed by atoms with Gasteiger partial charge in [-0.15, -0.1) is 0 Å². The maximum absolute atomic E-state index is 5.93. The molecule has 14 heavy (non-hydrogen) atoms. The van der Waals surface area contributed by atoms with Crippen LogP contribution in [0.5, 0.6) is 0 Å². The van der Waals surface area contributed by atoms with Crippen LogP contribution >= 0.6 is 23.6 Å². The van der Waals surface area contributed by atoms with E-state index in [1.165, 1.54) is 12.0 Å². The van der Waals surface area contributed by atoms with Crippen LogP contribution in [-0.4, -0.2) is 11.9 Å². The standard InChI is InChI=1S/C11H13ClOS/c1-2-13-14-11-7-10(11)8-4-3-5-9(12)6-8/h3-6,10-11H,2,7H2,1H3. The first-order chi connectivity index (χ1) is 6.81. The zero-order valence-electron chi connectivity index (χ0n) is 8.07. The molecular formula is C11H13ClOS. The normalized spacial score (nSPS) is 25.0. The van der Waals surface area contributed by atoms with E-state index < -0.39 is 0 Å². The zero-order valence-corrected chi connectivity index (χ0v) is 9.65. The molecule has 0 N–H and O–H groups in total. The van der Waals surface area contributed by atoms with Gasteiger partial charge in [0.25, 0.3) is 0 Å². The van der Waals surface area contributed by atoms with Gasteiger partial charge in [-0.05, 0) is 49.0 Å². The Morgan fingerprint density at radius 2 is 2.43 bits per heavy atom. The average Bonchev–Trinajstić information content (AvgIpc) is 2.94. The van der Waals surface area contributed by atoms with E-state index in [1.54, 1.807) is 12.0 Å². The molecule has 1 nitrogen and oxygen atoms in total. The molecular weight excluding hydrogens is 216 g/mol. The van der Waals surface area contributed by atoms with Gasteiger partial charge < -0.3 is 4.18 Å². The molecule has 0 radical (unpaired) electrons. The predicted octanol–water partition coefficient (Wildman–Crippen LogP) is 3.88. The molecule has 2 atom stereocenters. The van der Waals surface area contributed by atoms with Crippen molar-refractivity contribution in [1.29, 1.82) is 0 Å². The second-order valence-corrected chi connectivity index (χ2v) is 4.91. The zero-order chi connectivity index (χ0) is 9.97. The van der Waals surface area contributed by atoms with Crippen molar-refractivity contribution in [3.8, 4) is 0 Å². The largest absolute Gasteiger partial charge is 0.315 e. The van der Waals surface area contributed by atoms with Crippen molar-refractivity contribution in [3.63, 3.8) is 0 Å². The highest BCUT2D eigenvalue weighted by Crippen LogP contribution is 2.49. The molecule has 1 aromatic carbocycles. The van der Waals surface area contributed by atoms with Gasteiger partial charge >= 0.3 is 0 Å². The molecule has 1 aliphatic carbocycles. The predicted molar refractivity (Wildman–Crippen MR) is 61.8 cm³/mol. The maximum Gasteiger partial charge on any atom is 0.0585 e. The van der Waals surface area contributed by atoms with E-state index in [0.717, 1.165) is 11.6 Å². The summed E-state index contributed by atoms with van der Waals surface area (Å²) < 4.78 is 5.32. The fraction of sp³-hybridized carbons (Fsp3) is 0.455. The summed E-state index contributed by atoms with van der Waals surface area (Å²) >= 11 is 7.54. The Morgan fingerprint density at radius 1 is 1.57 bits per heavy atom. The van der Waals surface area contributed by atoms with Crippen molar-refractivity contribution < 1.29 is 4.18 Å². The summed E-state index contributed by atoms with van der Waals surface area (Å²) in [5.74, 6) is 0.644. The lowest BCUT2D eigenvalue weighted by Gasteiger charge is -2.00. The van der Waals surface area contributed by atoms with Crippen molar-refractivity contribution in [1.82, 2.24) is 0 Å². The lowest BCUT2D eigenvalue weighted by Crippen LogP contribution is -1.86. The molecule has 0 bridgehead atoms. The van der Waals surface area contributed by atoms with E-state index in [4.69, 9.17) is 15.8 Å². The molecule has 3 heteroatoms. The topological polar surface area (TPSA) is 9.23 Å². The third-order valence-corrected chi connectivity index (χ3v) is 3.69. The molecule has 2 rings (SSSR count). The van der Waals surface area contributed by atoms with E-state index >= 15 is 0 Å². The second kappa shape index (κ2) is 4.56. The molecule has 2 unspecified atom stereocenters. The van der Waals surface area contributed by atoms with Gasteiger partial charge in [0.2, 0.25) is 0 Å². The summed E-state index contributed by atoms with van der Waals surface area (Å²) in [4.78, 5) is 0. The van der Waals surface area contributed by atoms with E-state index in [0.29, 0.717) is 11.2 Å². The molecule has 76 valence electrons. The number of halogens is 1. The molecule has 1 saturated carbocycles. The van der Waals surface area contributed by atoms with Gasteiger partial charge in [0.1, 0.15) is 0 Å². The van der Waals surface area contributed by atoms with Gasteiger partial charge in [-0.1, -0.05) is 23.7 Å². The van der Waals surface area contributed by atoms with Crippen molar-refractivity contribution in [2.45, 2.75) is 24.5 Å². The van der Waals surface area contributed by atoms with Crippen molar-refractivity contribution >= 4 is 23.6 Å². The van der Waals surface area contributed by atoms with Crippen LogP contribution in [0, 0.1) is 0 Å². The first-order valence-corrected chi connectivity index (χ1v) is 6.03. The highest BCUT2D eigenvalue weighted by Gasteiger charge is 2.39. The van der Waals surface area contributed by atoms with Gasteiger partial charge in [0.05, 0.1) is 6.61 Å². The molecule has 0 aliphatic heterocycles. The smallest absolute Gasteiger partial charge is 0.0585 e. The first kappa shape index (κ1) is 10.3. The van der Waals surface area contributed by atoms with Gasteiger partial charge in [0.15, 0.2) is 0 Å². The molecule has 0 heterocycles. The Kier molecular flexibility index (Phi) is 3.37. The highest BCUT2D eigenvalue weighted by molar-refractivity contribution is 7.95. The van der Waals surface area contributed by atoms with Crippen LogP contribution in [0.1, 0.15) is 24.8 Å². The highest BCUT2D eigenvalue weighted by atomic mass is 35.5. The van der Waals surface area contributed by atoms with Crippen LogP contribution in [0.4, 0.5) is 0 Å². The second-order valence-electron chi connectivity index (χ2n) is 3.44. The Bertz CT molecular complexity index is 316. The monoisotopic (exact) mass is 228 g/mol. The van der Waals surface area contributed by atoms with E-state index in [9.17, 15) is 0 Å². The van der Waals surface area contributed by atoms with E-state index in [2.05, 4.69) is 12.1 Å². The minimum absolute atomic E-state index is 0.633. The number of hydrogen-bond donors (Lipinski definition) is 0. The Balaban J connectivity index is 1.92. The quantitative estimate of drug-likeness (QED) is 0.724. The fourth-order valence-electron chi connectivity index (χ4n) is 1.52. The summed E-state index contributed by atoms with van der Waals surface area (Å²) in [5.41, 5.74) is 1.34. The van der Waals surface area contributed by atoms with Crippen LogP contribution in [0.2, 0.25) is 5.02 Å². The molecule has 0 aromatic heterocycles. The maximum atomic E-state index is 5.93. The Hall–Kier alpha value is -0.180. The number of hydrogen-bond acceptors (Lipinski definition) is 2. The van der Waals surface area contributed by atoms with Gasteiger partial charge in [-0.3, -0.25) is 0 Å². The van der Waals surface area contributed by atoms with Crippen molar-refractivity contribution in [3.05, 3.63) is 34.9 Å². The van der Waals surface area contributed by atoms with Crippen LogP contribution in [0.25, 0.3) is 0 Å². The van der Waals surface area contributed by atoms with Crippen molar-refractivity contribution in [2.75, 3.05) is 6.61 Å². The van der Waals surface area contributed by atoms with Crippen LogP contribution < -0.4 is 0 Å². The SMILES string of the molecule is CCOSC1CC1c1cccc(Cl)c1. The number of benzene rings is 1. The minimum atomic E-state index is 0.633. The summed E-state index contributed by atoms with van der Waals surface area (Å²) in [6, 6.07) is 8.12. The molecule has 0 saturated heterocycles. The minimum Gasteiger partial charge on any atom is -0.315 e. The van der Waals surface area contributed by atoms with Crippen molar-refractivity contribution in [2.24, 2.45) is 0 Å². The third kappa shape index (κ3) is 2.44. The molecule has 1 aliphatic rings. The molecule has 0 amide bonds. The first-order valence-electron chi connectivity index (χ1n) is 4.85. The van der Waals surface area contributed by atoms with Gasteiger partial charge in [-0.25, -0.2) is 0 Å². The molecule has 1 aromatic rings. The Labute approximate surface area is 94.0 Å². The summed E-state index contributed by atoms with van der Waals surface area (Å²) in [7, 11) is 0. The van der Waals surface area contributed by atoms with Crippen LogP contribution in [-0.2, 0) is 4.18 Å². The fourth-order valence-corrected chi connectivity index (χ4v) is 2.61. The summed E-state index contributed by atoms with van der Waals surface area (Å²) in [5, 5.41) is 1.46. The third-order valence-electron chi connectivity index (χ3n) is 2.32. The molecule has 0 spiro atoms. The average molecular weight is 229 g/mol. The lowest BCUT2D eigenvalue weighted by atomic mass is 10.1. The van der Waals surface area contributed by atoms with Crippen LogP contribution in [0.3, 0.4) is 0 Å². The van der Waals surface area contributed by atoms with Gasteiger partial charge in [-0.2, -0.15) is 0 Å². The summed E-state index contributed by atoms with van der Waals surface area (Å²) in [6.45, 7) is 2.80. The molecule has 1 fully saturated rings.